The minimum atomic E-state index is -3.71. The molecule has 1 aliphatic rings. The van der Waals surface area contributed by atoms with Gasteiger partial charge in [-0.1, -0.05) is 30.1 Å². The van der Waals surface area contributed by atoms with Gasteiger partial charge >= 0.3 is 0 Å². The number of carbonyl (C=O) groups is 1. The van der Waals surface area contributed by atoms with Gasteiger partial charge < -0.3 is 5.32 Å². The normalized spacial score (nSPS) is 18.1. The standard InChI is InChI=1S/C16H23Cl2N3O3S/c1-3-6-19-16(22)12(2)20-7-9-21(10-8-20)25(23,24)15-11-13(17)4-5-14(15)18/h4-5,11-12H,3,6-10H2,1-2H3,(H,19,22)/t12-/m0/s1. The van der Waals surface area contributed by atoms with Crippen molar-refractivity contribution in [3.63, 3.8) is 0 Å². The van der Waals surface area contributed by atoms with Crippen LogP contribution in [0.3, 0.4) is 0 Å². The molecule has 1 atom stereocenters. The van der Waals surface area contributed by atoms with Gasteiger partial charge in [-0.15, -0.1) is 0 Å². The zero-order chi connectivity index (χ0) is 18.6. The molecular formula is C16H23Cl2N3O3S. The van der Waals surface area contributed by atoms with Gasteiger partial charge in [0.2, 0.25) is 15.9 Å². The van der Waals surface area contributed by atoms with E-state index in [1.165, 1.54) is 16.4 Å². The molecule has 1 N–H and O–H groups in total. The summed E-state index contributed by atoms with van der Waals surface area (Å²) >= 11 is 12.0. The van der Waals surface area contributed by atoms with E-state index in [0.717, 1.165) is 6.42 Å². The summed E-state index contributed by atoms with van der Waals surface area (Å²) in [5.74, 6) is -0.0314. The summed E-state index contributed by atoms with van der Waals surface area (Å²) in [6.45, 7) is 6.05. The highest BCUT2D eigenvalue weighted by molar-refractivity contribution is 7.89. The lowest BCUT2D eigenvalue weighted by atomic mass is 10.2. The number of amides is 1. The van der Waals surface area contributed by atoms with Crippen LogP contribution in [0.4, 0.5) is 0 Å². The fraction of sp³-hybridized carbons (Fsp3) is 0.562. The lowest BCUT2D eigenvalue weighted by Gasteiger charge is -2.36. The maximum atomic E-state index is 12.8. The molecule has 1 saturated heterocycles. The first-order valence-electron chi connectivity index (χ1n) is 8.24. The monoisotopic (exact) mass is 407 g/mol. The first-order chi connectivity index (χ1) is 11.8. The van der Waals surface area contributed by atoms with Crippen molar-refractivity contribution in [1.29, 1.82) is 0 Å². The Hall–Kier alpha value is -0.860. The van der Waals surface area contributed by atoms with Gasteiger partial charge in [-0.25, -0.2) is 8.42 Å². The summed E-state index contributed by atoms with van der Waals surface area (Å²) in [7, 11) is -3.71. The number of hydrogen-bond donors (Lipinski definition) is 1. The highest BCUT2D eigenvalue weighted by atomic mass is 35.5. The molecule has 1 fully saturated rings. The lowest BCUT2D eigenvalue weighted by molar-refractivity contribution is -0.126. The molecule has 0 radical (unpaired) electrons. The van der Waals surface area contributed by atoms with Crippen LogP contribution >= 0.6 is 23.2 Å². The summed E-state index contributed by atoms with van der Waals surface area (Å²) < 4.78 is 27.0. The minimum absolute atomic E-state index is 0.0175. The molecule has 2 rings (SSSR count). The van der Waals surface area contributed by atoms with Gasteiger partial charge in [-0.05, 0) is 31.5 Å². The van der Waals surface area contributed by atoms with E-state index in [1.54, 1.807) is 6.07 Å². The number of piperazine rings is 1. The highest BCUT2D eigenvalue weighted by Crippen LogP contribution is 2.28. The molecule has 0 bridgehead atoms. The van der Waals surface area contributed by atoms with Gasteiger partial charge in [-0.3, -0.25) is 9.69 Å². The van der Waals surface area contributed by atoms with Crippen LogP contribution < -0.4 is 5.32 Å². The first-order valence-corrected chi connectivity index (χ1v) is 10.4. The van der Waals surface area contributed by atoms with Crippen LogP contribution in [0.15, 0.2) is 23.1 Å². The van der Waals surface area contributed by atoms with Crippen molar-refractivity contribution in [2.24, 2.45) is 0 Å². The van der Waals surface area contributed by atoms with Crippen molar-refractivity contribution in [2.75, 3.05) is 32.7 Å². The Kier molecular flexibility index (Phi) is 7.10. The van der Waals surface area contributed by atoms with Gasteiger partial charge in [0.05, 0.1) is 11.1 Å². The van der Waals surface area contributed by atoms with Crippen LogP contribution in [0.5, 0.6) is 0 Å². The number of nitrogens with one attached hydrogen (secondary N) is 1. The van der Waals surface area contributed by atoms with E-state index in [9.17, 15) is 13.2 Å². The predicted octanol–water partition coefficient (Wildman–Crippen LogP) is 2.21. The van der Waals surface area contributed by atoms with Crippen LogP contribution in [0.1, 0.15) is 20.3 Å². The largest absolute Gasteiger partial charge is 0.355 e. The number of carbonyl (C=O) groups excluding carboxylic acids is 1. The Morgan fingerprint density at radius 2 is 1.88 bits per heavy atom. The molecule has 6 nitrogen and oxygen atoms in total. The molecule has 0 aromatic heterocycles. The average Bonchev–Trinajstić information content (AvgIpc) is 2.61. The maximum absolute atomic E-state index is 12.8. The van der Waals surface area contributed by atoms with E-state index < -0.39 is 10.0 Å². The summed E-state index contributed by atoms with van der Waals surface area (Å²) in [6, 6.07) is 4.11. The molecule has 0 aliphatic carbocycles. The van der Waals surface area contributed by atoms with Crippen LogP contribution in [-0.2, 0) is 14.8 Å². The van der Waals surface area contributed by atoms with Gasteiger partial charge in [0.15, 0.2) is 0 Å². The van der Waals surface area contributed by atoms with E-state index in [1.807, 2.05) is 18.7 Å². The van der Waals surface area contributed by atoms with E-state index in [-0.39, 0.29) is 21.9 Å². The molecule has 1 heterocycles. The quantitative estimate of drug-likeness (QED) is 0.784. The topological polar surface area (TPSA) is 69.7 Å². The van der Waals surface area contributed by atoms with Crippen LogP contribution in [0.25, 0.3) is 0 Å². The number of hydrogen-bond acceptors (Lipinski definition) is 4. The van der Waals surface area contributed by atoms with E-state index in [4.69, 9.17) is 23.2 Å². The van der Waals surface area contributed by atoms with Gasteiger partial charge in [0.25, 0.3) is 0 Å². The van der Waals surface area contributed by atoms with E-state index in [0.29, 0.717) is 37.7 Å². The summed E-state index contributed by atoms with van der Waals surface area (Å²) in [4.78, 5) is 14.1. The third-order valence-corrected chi connectivity index (χ3v) is 6.88. The van der Waals surface area contributed by atoms with Crippen LogP contribution in [0.2, 0.25) is 10.0 Å². The Morgan fingerprint density at radius 3 is 2.48 bits per heavy atom. The molecule has 1 aromatic rings. The fourth-order valence-electron chi connectivity index (χ4n) is 2.71. The summed E-state index contributed by atoms with van der Waals surface area (Å²) in [5, 5.41) is 3.34. The SMILES string of the molecule is CCCNC(=O)[C@H](C)N1CCN(S(=O)(=O)c2cc(Cl)ccc2Cl)CC1. The van der Waals surface area contributed by atoms with Gasteiger partial charge in [0.1, 0.15) is 4.90 Å². The van der Waals surface area contributed by atoms with Crippen molar-refractivity contribution in [2.45, 2.75) is 31.2 Å². The molecule has 1 aliphatic heterocycles. The number of sulfonamides is 1. The van der Waals surface area contributed by atoms with E-state index in [2.05, 4.69) is 5.32 Å². The Morgan fingerprint density at radius 1 is 1.24 bits per heavy atom. The predicted molar refractivity (Wildman–Crippen MR) is 99.6 cm³/mol. The molecule has 9 heteroatoms. The molecule has 0 spiro atoms. The summed E-state index contributed by atoms with van der Waals surface area (Å²) in [5.41, 5.74) is 0. The Bertz CT molecular complexity index is 719. The summed E-state index contributed by atoms with van der Waals surface area (Å²) in [6.07, 6.45) is 0.880. The number of benzene rings is 1. The van der Waals surface area contributed by atoms with Crippen molar-refractivity contribution in [1.82, 2.24) is 14.5 Å². The first kappa shape index (κ1) is 20.5. The molecule has 140 valence electrons. The Balaban J connectivity index is 2.04. The van der Waals surface area contributed by atoms with Crippen molar-refractivity contribution in [3.05, 3.63) is 28.2 Å². The number of nitrogens with zero attached hydrogens (tertiary/aromatic N) is 2. The van der Waals surface area contributed by atoms with Crippen LogP contribution in [0, 0.1) is 0 Å². The zero-order valence-electron chi connectivity index (χ0n) is 14.3. The molecule has 1 amide bonds. The van der Waals surface area contributed by atoms with Crippen LogP contribution in [-0.4, -0.2) is 62.3 Å². The number of rotatable bonds is 6. The third kappa shape index (κ3) is 4.86. The minimum Gasteiger partial charge on any atom is -0.355 e. The molecule has 0 saturated carbocycles. The van der Waals surface area contributed by atoms with Gasteiger partial charge in [0, 0.05) is 37.7 Å². The second kappa shape index (κ2) is 8.68. The van der Waals surface area contributed by atoms with Crippen molar-refractivity contribution < 1.29 is 13.2 Å². The Labute approximate surface area is 159 Å². The van der Waals surface area contributed by atoms with Gasteiger partial charge in [-0.2, -0.15) is 4.31 Å². The zero-order valence-corrected chi connectivity index (χ0v) is 16.7. The maximum Gasteiger partial charge on any atom is 0.244 e. The lowest BCUT2D eigenvalue weighted by Crippen LogP contribution is -2.54. The third-order valence-electron chi connectivity index (χ3n) is 4.26. The van der Waals surface area contributed by atoms with Crippen molar-refractivity contribution >= 4 is 39.1 Å². The molecule has 0 unspecified atom stereocenters. The smallest absolute Gasteiger partial charge is 0.244 e. The average molecular weight is 408 g/mol. The molecular weight excluding hydrogens is 385 g/mol. The second-order valence-electron chi connectivity index (χ2n) is 5.98. The molecule has 25 heavy (non-hydrogen) atoms. The number of halogens is 2. The second-order valence-corrected chi connectivity index (χ2v) is 8.73. The highest BCUT2D eigenvalue weighted by Gasteiger charge is 2.32. The van der Waals surface area contributed by atoms with Crippen molar-refractivity contribution in [3.8, 4) is 0 Å². The fourth-order valence-corrected chi connectivity index (χ4v) is 4.87. The molecule has 1 aromatic carbocycles. The van der Waals surface area contributed by atoms with E-state index >= 15 is 0 Å².